The number of carbonyl (C=O) groups excluding carboxylic acids is 2. The van der Waals surface area contributed by atoms with E-state index in [9.17, 15) is 9.59 Å². The Kier molecular flexibility index (Phi) is 3.85. The number of nitriles is 1. The second-order valence-corrected chi connectivity index (χ2v) is 5.46. The first-order valence-corrected chi connectivity index (χ1v) is 7.27. The molecule has 0 radical (unpaired) electrons. The molecule has 2 amide bonds. The van der Waals surface area contributed by atoms with Crippen molar-refractivity contribution in [3.63, 3.8) is 0 Å². The summed E-state index contributed by atoms with van der Waals surface area (Å²) in [5.41, 5.74) is -0.257. The first-order valence-electron chi connectivity index (χ1n) is 7.27. The fraction of sp³-hybridized carbons (Fsp3) is 0.235. The van der Waals surface area contributed by atoms with Crippen molar-refractivity contribution >= 4 is 17.5 Å². The van der Waals surface area contributed by atoms with Crippen LogP contribution < -0.4 is 10.6 Å². The van der Waals surface area contributed by atoms with E-state index in [1.807, 2.05) is 6.07 Å². The zero-order chi connectivity index (χ0) is 16.3. The lowest BCUT2D eigenvalue weighted by atomic mass is 10.0. The molecule has 0 unspecified atom stereocenters. The molecule has 23 heavy (non-hydrogen) atoms. The molecule has 2 N–H and O–H groups in total. The molecule has 1 fully saturated rings. The maximum Gasteiger partial charge on any atom is 0.240 e. The van der Waals surface area contributed by atoms with Crippen LogP contribution in [0.1, 0.15) is 24.2 Å². The standard InChI is InChI=1S/C17H15N3O3/c18-10-12-4-1-2-6-14(12)20-16(22)17(7-8-17)15(21)19-11-13-5-3-9-23-13/h1-6,9H,7-8,11H2,(H,19,21)(H,20,22). The number of carbonyl (C=O) groups is 2. The second-order valence-electron chi connectivity index (χ2n) is 5.46. The molecule has 1 aromatic heterocycles. The molecule has 1 heterocycles. The number of hydrogen-bond acceptors (Lipinski definition) is 4. The predicted molar refractivity (Wildman–Crippen MR) is 82.0 cm³/mol. The van der Waals surface area contributed by atoms with Gasteiger partial charge in [-0.15, -0.1) is 0 Å². The van der Waals surface area contributed by atoms with E-state index in [0.29, 0.717) is 29.9 Å². The number of para-hydroxylation sites is 1. The molecule has 0 spiro atoms. The van der Waals surface area contributed by atoms with Gasteiger partial charge in [0.2, 0.25) is 11.8 Å². The van der Waals surface area contributed by atoms with Crippen LogP contribution in [0, 0.1) is 16.7 Å². The molecule has 0 saturated heterocycles. The summed E-state index contributed by atoms with van der Waals surface area (Å²) in [4.78, 5) is 24.8. The van der Waals surface area contributed by atoms with Gasteiger partial charge in [-0.25, -0.2) is 0 Å². The number of benzene rings is 1. The Balaban J connectivity index is 1.66. The van der Waals surface area contributed by atoms with Crippen LogP contribution in [-0.2, 0) is 16.1 Å². The van der Waals surface area contributed by atoms with E-state index < -0.39 is 5.41 Å². The molecule has 1 aliphatic carbocycles. The summed E-state index contributed by atoms with van der Waals surface area (Å²) in [6.45, 7) is 0.246. The highest BCUT2D eigenvalue weighted by atomic mass is 16.3. The zero-order valence-electron chi connectivity index (χ0n) is 12.3. The number of rotatable bonds is 5. The van der Waals surface area contributed by atoms with Crippen LogP contribution in [0.2, 0.25) is 0 Å². The highest BCUT2D eigenvalue weighted by Crippen LogP contribution is 2.47. The number of nitrogens with zero attached hydrogens (tertiary/aromatic N) is 1. The van der Waals surface area contributed by atoms with Crippen molar-refractivity contribution in [1.29, 1.82) is 5.26 Å². The van der Waals surface area contributed by atoms with Crippen LogP contribution in [0.15, 0.2) is 47.1 Å². The number of anilines is 1. The molecule has 1 aromatic carbocycles. The zero-order valence-corrected chi connectivity index (χ0v) is 12.3. The van der Waals surface area contributed by atoms with Gasteiger partial charge < -0.3 is 15.1 Å². The summed E-state index contributed by atoms with van der Waals surface area (Å²) in [6, 6.07) is 12.2. The largest absolute Gasteiger partial charge is 0.467 e. The molecule has 0 atom stereocenters. The van der Waals surface area contributed by atoms with E-state index in [1.54, 1.807) is 36.4 Å². The molecule has 116 valence electrons. The minimum atomic E-state index is -1.05. The minimum Gasteiger partial charge on any atom is -0.467 e. The van der Waals surface area contributed by atoms with Crippen molar-refractivity contribution in [3.8, 4) is 6.07 Å². The smallest absolute Gasteiger partial charge is 0.240 e. The minimum absolute atomic E-state index is 0.246. The van der Waals surface area contributed by atoms with Crippen molar-refractivity contribution in [2.45, 2.75) is 19.4 Å². The van der Waals surface area contributed by atoms with Crippen LogP contribution >= 0.6 is 0 Å². The van der Waals surface area contributed by atoms with Crippen molar-refractivity contribution in [1.82, 2.24) is 5.32 Å². The van der Waals surface area contributed by atoms with Gasteiger partial charge in [-0.05, 0) is 37.1 Å². The molecule has 2 aromatic rings. The Morgan fingerprint density at radius 3 is 2.61 bits per heavy atom. The fourth-order valence-electron chi connectivity index (χ4n) is 2.36. The number of nitrogens with one attached hydrogen (secondary N) is 2. The normalized spacial score (nSPS) is 14.6. The van der Waals surface area contributed by atoms with Crippen LogP contribution in [0.4, 0.5) is 5.69 Å². The van der Waals surface area contributed by atoms with Crippen molar-refractivity contribution < 1.29 is 14.0 Å². The lowest BCUT2D eigenvalue weighted by Gasteiger charge is -2.15. The van der Waals surface area contributed by atoms with Gasteiger partial charge in [-0.2, -0.15) is 5.26 Å². The summed E-state index contributed by atoms with van der Waals surface area (Å²) in [5.74, 6) is -0.0673. The van der Waals surface area contributed by atoms with E-state index in [4.69, 9.17) is 9.68 Å². The van der Waals surface area contributed by atoms with Gasteiger partial charge >= 0.3 is 0 Å². The Morgan fingerprint density at radius 1 is 1.17 bits per heavy atom. The molecule has 6 nitrogen and oxygen atoms in total. The molecular weight excluding hydrogens is 294 g/mol. The molecule has 0 aliphatic heterocycles. The maximum atomic E-state index is 12.5. The third-order valence-electron chi connectivity index (χ3n) is 3.92. The van der Waals surface area contributed by atoms with E-state index in [1.165, 1.54) is 6.26 Å². The summed E-state index contributed by atoms with van der Waals surface area (Å²) in [6.07, 6.45) is 2.52. The van der Waals surface area contributed by atoms with E-state index >= 15 is 0 Å². The van der Waals surface area contributed by atoms with Crippen LogP contribution in [0.3, 0.4) is 0 Å². The Bertz CT molecular complexity index is 771. The molecule has 3 rings (SSSR count). The maximum absolute atomic E-state index is 12.5. The number of hydrogen-bond donors (Lipinski definition) is 2. The number of furan rings is 1. The van der Waals surface area contributed by atoms with Gasteiger partial charge in [-0.1, -0.05) is 12.1 Å². The average Bonchev–Trinajstić information content (AvgIpc) is 3.23. The van der Waals surface area contributed by atoms with Crippen LogP contribution in [0.5, 0.6) is 0 Å². The quantitative estimate of drug-likeness (QED) is 0.828. The SMILES string of the molecule is N#Cc1ccccc1NC(=O)C1(C(=O)NCc2ccco2)CC1. The van der Waals surface area contributed by atoms with Gasteiger partial charge in [0, 0.05) is 0 Å². The molecule has 1 aliphatic rings. The average molecular weight is 309 g/mol. The Morgan fingerprint density at radius 2 is 1.96 bits per heavy atom. The third-order valence-corrected chi connectivity index (χ3v) is 3.92. The van der Waals surface area contributed by atoms with Crippen LogP contribution in [-0.4, -0.2) is 11.8 Å². The molecule has 0 bridgehead atoms. The summed E-state index contributed by atoms with van der Waals surface area (Å²) in [7, 11) is 0. The van der Waals surface area contributed by atoms with Crippen molar-refractivity contribution in [2.75, 3.05) is 5.32 Å². The fourth-order valence-corrected chi connectivity index (χ4v) is 2.36. The Labute approximate surface area is 133 Å². The lowest BCUT2D eigenvalue weighted by molar-refractivity contribution is -0.134. The van der Waals surface area contributed by atoms with Gasteiger partial charge in [0.05, 0.1) is 24.1 Å². The van der Waals surface area contributed by atoms with Gasteiger partial charge in [0.1, 0.15) is 17.2 Å². The van der Waals surface area contributed by atoms with Crippen molar-refractivity contribution in [2.24, 2.45) is 5.41 Å². The highest BCUT2D eigenvalue weighted by Gasteiger charge is 2.56. The van der Waals surface area contributed by atoms with E-state index in [0.717, 1.165) is 0 Å². The molecular formula is C17H15N3O3. The second kappa shape index (κ2) is 5.97. The summed E-state index contributed by atoms with van der Waals surface area (Å²) in [5, 5.41) is 14.5. The molecule has 6 heteroatoms. The first kappa shape index (κ1) is 14.9. The predicted octanol–water partition coefficient (Wildman–Crippen LogP) is 2.19. The molecule has 1 saturated carbocycles. The third kappa shape index (κ3) is 2.94. The van der Waals surface area contributed by atoms with Gasteiger partial charge in [0.25, 0.3) is 0 Å². The lowest BCUT2D eigenvalue weighted by Crippen LogP contribution is -2.39. The van der Waals surface area contributed by atoms with E-state index in [-0.39, 0.29) is 18.4 Å². The summed E-state index contributed by atoms with van der Waals surface area (Å²) < 4.78 is 5.15. The van der Waals surface area contributed by atoms with Crippen LogP contribution in [0.25, 0.3) is 0 Å². The monoisotopic (exact) mass is 309 g/mol. The highest BCUT2D eigenvalue weighted by molar-refractivity contribution is 6.13. The number of amides is 2. The van der Waals surface area contributed by atoms with Gasteiger partial charge in [-0.3, -0.25) is 9.59 Å². The summed E-state index contributed by atoms with van der Waals surface area (Å²) >= 11 is 0. The topological polar surface area (TPSA) is 95.1 Å². The van der Waals surface area contributed by atoms with E-state index in [2.05, 4.69) is 10.6 Å². The van der Waals surface area contributed by atoms with Gasteiger partial charge in [0.15, 0.2) is 0 Å². The van der Waals surface area contributed by atoms with Crippen molar-refractivity contribution in [3.05, 3.63) is 54.0 Å². The Hall–Kier alpha value is -3.07. The first-order chi connectivity index (χ1) is 11.2.